The highest BCUT2D eigenvalue weighted by Gasteiger charge is 2.52. The van der Waals surface area contributed by atoms with Crippen molar-refractivity contribution >= 4 is 11.9 Å². The summed E-state index contributed by atoms with van der Waals surface area (Å²) in [6, 6.07) is 9.09. The van der Waals surface area contributed by atoms with Crippen molar-refractivity contribution in [1.82, 2.24) is 0 Å². The smallest absolute Gasteiger partial charge is 0.338 e. The van der Waals surface area contributed by atoms with E-state index in [2.05, 4.69) is 6.92 Å². The molecule has 2 aliphatic heterocycles. The van der Waals surface area contributed by atoms with Crippen LogP contribution in [-0.4, -0.2) is 43.1 Å². The number of carbonyl (C=O) groups is 2. The van der Waals surface area contributed by atoms with Gasteiger partial charge in [-0.25, -0.2) is 4.79 Å². The molecule has 0 aromatic heterocycles. The van der Waals surface area contributed by atoms with E-state index in [0.29, 0.717) is 18.4 Å². The second-order valence-electron chi connectivity index (χ2n) is 9.77. The molecule has 3 aliphatic rings. The Bertz CT molecular complexity index is 772. The van der Waals surface area contributed by atoms with E-state index in [4.69, 9.17) is 18.9 Å². The van der Waals surface area contributed by atoms with E-state index >= 15 is 0 Å². The number of hydrogen-bond donors (Lipinski definition) is 0. The van der Waals surface area contributed by atoms with Crippen molar-refractivity contribution in [2.75, 3.05) is 13.2 Å². The second-order valence-corrected chi connectivity index (χ2v) is 9.77. The van der Waals surface area contributed by atoms with Crippen molar-refractivity contribution in [2.24, 2.45) is 11.8 Å². The lowest BCUT2D eigenvalue weighted by atomic mass is 9.85. The molecule has 0 radical (unpaired) electrons. The van der Waals surface area contributed by atoms with Crippen molar-refractivity contribution in [2.45, 2.75) is 95.5 Å². The Labute approximate surface area is 197 Å². The fourth-order valence-electron chi connectivity index (χ4n) is 5.69. The number of hydrogen-bond acceptors (Lipinski definition) is 6. The van der Waals surface area contributed by atoms with Crippen molar-refractivity contribution in [3.05, 3.63) is 35.9 Å². The van der Waals surface area contributed by atoms with E-state index in [9.17, 15) is 9.59 Å². The highest BCUT2D eigenvalue weighted by Crippen LogP contribution is 2.46. The van der Waals surface area contributed by atoms with Crippen molar-refractivity contribution in [1.29, 1.82) is 0 Å². The quantitative estimate of drug-likeness (QED) is 0.325. The second kappa shape index (κ2) is 11.5. The highest BCUT2D eigenvalue weighted by molar-refractivity contribution is 5.89. The molecule has 3 fully saturated rings. The van der Waals surface area contributed by atoms with E-state index in [1.54, 1.807) is 12.1 Å². The monoisotopic (exact) mass is 458 g/mol. The standard InChI is InChI=1S/C27H38O6/c1-2-3-4-5-9-14-27(30-16-10-17-31-27)15-13-21-22-18-25(28)32-24(22)19-23(21)33-26(29)20-11-7-6-8-12-20/h6-8,11-12,21-24H,2-5,9-10,13-19H2,1H3/t21-,22?,23-,24+/m1/s1. The van der Waals surface area contributed by atoms with E-state index in [1.807, 2.05) is 18.2 Å². The summed E-state index contributed by atoms with van der Waals surface area (Å²) in [5.74, 6) is -0.845. The van der Waals surface area contributed by atoms with Gasteiger partial charge in [0.2, 0.25) is 0 Å². The van der Waals surface area contributed by atoms with Crippen LogP contribution in [0.25, 0.3) is 0 Å². The third-order valence-electron chi connectivity index (χ3n) is 7.46. The lowest BCUT2D eigenvalue weighted by Gasteiger charge is -2.39. The molecule has 0 N–H and O–H groups in total. The molecule has 1 aromatic carbocycles. The van der Waals surface area contributed by atoms with Gasteiger partial charge in [0.25, 0.3) is 0 Å². The van der Waals surface area contributed by atoms with Gasteiger partial charge in [0.1, 0.15) is 12.2 Å². The van der Waals surface area contributed by atoms with E-state index in [-0.39, 0.29) is 36.0 Å². The molecule has 0 bridgehead atoms. The summed E-state index contributed by atoms with van der Waals surface area (Å²) in [6.45, 7) is 3.67. The first-order valence-electron chi connectivity index (χ1n) is 12.8. The molecule has 0 spiro atoms. The van der Waals surface area contributed by atoms with Gasteiger partial charge in [0.15, 0.2) is 5.79 Å². The third-order valence-corrected chi connectivity index (χ3v) is 7.46. The van der Waals surface area contributed by atoms with E-state index in [1.165, 1.54) is 25.7 Å². The Balaban J connectivity index is 1.40. The molecule has 0 amide bonds. The van der Waals surface area contributed by atoms with E-state index < -0.39 is 5.79 Å². The SMILES string of the molecule is CCCCCCCC1(CC[C@@H]2C3CC(=O)O[C@H]3C[C@H]2OC(=O)c2ccccc2)OCCCO1. The Kier molecular flexibility index (Phi) is 8.42. The molecule has 33 heavy (non-hydrogen) atoms. The van der Waals surface area contributed by atoms with Gasteiger partial charge in [0, 0.05) is 31.1 Å². The van der Waals surface area contributed by atoms with Crippen LogP contribution in [0, 0.1) is 11.8 Å². The predicted molar refractivity (Wildman–Crippen MR) is 124 cm³/mol. The molecule has 4 atom stereocenters. The summed E-state index contributed by atoms with van der Waals surface area (Å²) in [4.78, 5) is 24.7. The van der Waals surface area contributed by atoms with Gasteiger partial charge in [-0.1, -0.05) is 50.8 Å². The number of rotatable bonds is 11. The Morgan fingerprint density at radius 3 is 2.58 bits per heavy atom. The first kappa shape index (κ1) is 24.2. The van der Waals surface area contributed by atoms with Crippen molar-refractivity contribution in [3.63, 3.8) is 0 Å². The molecular weight excluding hydrogens is 420 g/mol. The molecular formula is C27H38O6. The number of carbonyl (C=O) groups excluding carboxylic acids is 2. The molecule has 1 saturated carbocycles. The average Bonchev–Trinajstić information content (AvgIpc) is 3.34. The van der Waals surface area contributed by atoms with E-state index in [0.717, 1.165) is 45.3 Å². The largest absolute Gasteiger partial charge is 0.462 e. The molecule has 2 saturated heterocycles. The van der Waals surface area contributed by atoms with Gasteiger partial charge < -0.3 is 18.9 Å². The maximum atomic E-state index is 12.7. The van der Waals surface area contributed by atoms with Crippen molar-refractivity contribution in [3.8, 4) is 0 Å². The van der Waals surface area contributed by atoms with Crippen LogP contribution < -0.4 is 0 Å². The van der Waals surface area contributed by atoms with Crippen LogP contribution in [0.5, 0.6) is 0 Å². The minimum absolute atomic E-state index is 0.0696. The number of benzene rings is 1. The van der Waals surface area contributed by atoms with Crippen LogP contribution in [0.3, 0.4) is 0 Å². The number of fused-ring (bicyclic) bond motifs is 1. The lowest BCUT2D eigenvalue weighted by Crippen LogP contribution is -2.41. The molecule has 1 aliphatic carbocycles. The normalized spacial score (nSPS) is 28.3. The molecule has 4 rings (SSSR count). The van der Waals surface area contributed by atoms with Gasteiger partial charge in [-0.2, -0.15) is 0 Å². The van der Waals surface area contributed by atoms with Crippen LogP contribution >= 0.6 is 0 Å². The van der Waals surface area contributed by atoms with Crippen LogP contribution in [0.15, 0.2) is 30.3 Å². The molecule has 6 heteroatoms. The summed E-state index contributed by atoms with van der Waals surface area (Å²) < 4.78 is 24.0. The zero-order chi connectivity index (χ0) is 23.1. The summed E-state index contributed by atoms with van der Waals surface area (Å²) in [7, 11) is 0. The topological polar surface area (TPSA) is 71.1 Å². The molecule has 2 heterocycles. The zero-order valence-electron chi connectivity index (χ0n) is 19.8. The van der Waals surface area contributed by atoms with Crippen LogP contribution in [0.1, 0.15) is 87.9 Å². The van der Waals surface area contributed by atoms with Gasteiger partial charge in [-0.3, -0.25) is 4.79 Å². The van der Waals surface area contributed by atoms with Gasteiger partial charge >= 0.3 is 11.9 Å². The highest BCUT2D eigenvalue weighted by atomic mass is 16.7. The molecule has 1 unspecified atom stereocenters. The summed E-state index contributed by atoms with van der Waals surface area (Å²) in [5, 5.41) is 0. The molecule has 182 valence electrons. The summed E-state index contributed by atoms with van der Waals surface area (Å²) in [6.07, 6.45) is 9.94. The Hall–Kier alpha value is -1.92. The first-order chi connectivity index (χ1) is 16.1. The fraction of sp³-hybridized carbons (Fsp3) is 0.704. The zero-order valence-corrected chi connectivity index (χ0v) is 19.8. The maximum Gasteiger partial charge on any atom is 0.338 e. The van der Waals surface area contributed by atoms with Crippen molar-refractivity contribution < 1.29 is 28.5 Å². The minimum atomic E-state index is -0.556. The average molecular weight is 459 g/mol. The first-order valence-corrected chi connectivity index (χ1v) is 12.8. The van der Waals surface area contributed by atoms with Crippen LogP contribution in [-0.2, 0) is 23.7 Å². The maximum absolute atomic E-state index is 12.7. The summed E-state index contributed by atoms with van der Waals surface area (Å²) >= 11 is 0. The van der Waals surface area contributed by atoms with Gasteiger partial charge in [-0.15, -0.1) is 0 Å². The van der Waals surface area contributed by atoms with Gasteiger partial charge in [0.05, 0.1) is 25.2 Å². The Morgan fingerprint density at radius 2 is 1.82 bits per heavy atom. The fourth-order valence-corrected chi connectivity index (χ4v) is 5.69. The van der Waals surface area contributed by atoms with Crippen LogP contribution in [0.4, 0.5) is 0 Å². The van der Waals surface area contributed by atoms with Gasteiger partial charge in [-0.05, 0) is 31.4 Å². The lowest BCUT2D eigenvalue weighted by molar-refractivity contribution is -0.275. The predicted octanol–water partition coefficient (Wildman–Crippen LogP) is 5.44. The third kappa shape index (κ3) is 6.15. The molecule has 6 nitrogen and oxygen atoms in total. The number of esters is 2. The number of unbranched alkanes of at least 4 members (excludes halogenated alkanes) is 4. The summed E-state index contributed by atoms with van der Waals surface area (Å²) in [5.41, 5.74) is 0.549. The Morgan fingerprint density at radius 1 is 1.06 bits per heavy atom. The molecule has 1 aromatic rings. The number of ether oxygens (including phenoxy) is 4. The minimum Gasteiger partial charge on any atom is -0.462 e. The van der Waals surface area contributed by atoms with Crippen LogP contribution in [0.2, 0.25) is 0 Å².